The van der Waals surface area contributed by atoms with Gasteiger partial charge in [-0.2, -0.15) is 13.2 Å². The van der Waals surface area contributed by atoms with E-state index >= 15 is 0 Å². The summed E-state index contributed by atoms with van der Waals surface area (Å²) in [6, 6.07) is 15.2. The quantitative estimate of drug-likeness (QED) is 0.376. The molecule has 2 N–H and O–H groups in total. The summed E-state index contributed by atoms with van der Waals surface area (Å²) < 4.78 is 47.0. The molecular weight excluding hydrogens is 491 g/mol. The van der Waals surface area contributed by atoms with E-state index in [4.69, 9.17) is 16.3 Å². The molecule has 36 heavy (non-hydrogen) atoms. The maximum atomic E-state index is 13.8. The number of alkyl halides is 3. The second-order valence-electron chi connectivity index (χ2n) is 8.92. The van der Waals surface area contributed by atoms with Gasteiger partial charge >= 0.3 is 12.2 Å². The van der Waals surface area contributed by atoms with Crippen LogP contribution in [0.4, 0.5) is 18.0 Å². The minimum atomic E-state index is -4.60. The Morgan fingerprint density at radius 2 is 1.81 bits per heavy atom. The van der Waals surface area contributed by atoms with Crippen molar-refractivity contribution in [3.63, 3.8) is 0 Å². The fraction of sp³-hybridized carbons (Fsp3) is 0.333. The number of amides is 2. The third kappa shape index (κ3) is 5.75. The van der Waals surface area contributed by atoms with E-state index in [0.717, 1.165) is 43.4 Å². The van der Waals surface area contributed by atoms with E-state index in [2.05, 4.69) is 15.6 Å². The molecule has 1 aliphatic rings. The Morgan fingerprint density at radius 3 is 2.42 bits per heavy atom. The Kier molecular flexibility index (Phi) is 7.73. The molecule has 1 saturated carbocycles. The van der Waals surface area contributed by atoms with Gasteiger partial charge in [0.25, 0.3) is 0 Å². The van der Waals surface area contributed by atoms with Crippen molar-refractivity contribution < 1.29 is 22.7 Å². The molecule has 4 rings (SSSR count). The molecule has 2 aromatic carbocycles. The largest absolute Gasteiger partial charge is 0.496 e. The number of halogens is 4. The predicted molar refractivity (Wildman–Crippen MR) is 132 cm³/mol. The maximum absolute atomic E-state index is 13.8. The molecule has 1 atom stereocenters. The van der Waals surface area contributed by atoms with Gasteiger partial charge in [-0.1, -0.05) is 54.8 Å². The van der Waals surface area contributed by atoms with Crippen LogP contribution in [0.5, 0.6) is 5.75 Å². The van der Waals surface area contributed by atoms with Crippen LogP contribution >= 0.6 is 11.6 Å². The summed E-state index contributed by atoms with van der Waals surface area (Å²) >= 11 is 6.10. The van der Waals surface area contributed by atoms with Gasteiger partial charge in [-0.3, -0.25) is 4.98 Å². The molecule has 0 saturated heterocycles. The van der Waals surface area contributed by atoms with Gasteiger partial charge in [0, 0.05) is 24.2 Å². The second kappa shape index (κ2) is 10.8. The molecule has 1 fully saturated rings. The van der Waals surface area contributed by atoms with E-state index in [0.29, 0.717) is 10.7 Å². The van der Waals surface area contributed by atoms with Gasteiger partial charge in [-0.05, 0) is 48.7 Å². The fourth-order valence-corrected chi connectivity index (χ4v) is 4.84. The molecule has 190 valence electrons. The summed E-state index contributed by atoms with van der Waals surface area (Å²) in [6.07, 6.45) is 0.668. The van der Waals surface area contributed by atoms with Crippen molar-refractivity contribution in [2.75, 3.05) is 7.11 Å². The van der Waals surface area contributed by atoms with Gasteiger partial charge in [0.2, 0.25) is 0 Å². The van der Waals surface area contributed by atoms with Crippen LogP contribution in [-0.2, 0) is 18.1 Å². The molecule has 1 aromatic heterocycles. The number of carbonyl (C=O) groups is 1. The van der Waals surface area contributed by atoms with E-state index in [9.17, 15) is 18.0 Å². The second-order valence-corrected chi connectivity index (χ2v) is 9.36. The summed E-state index contributed by atoms with van der Waals surface area (Å²) in [5.41, 5.74) is -1.10. The number of pyridine rings is 1. The Bertz CT molecular complexity index is 1180. The van der Waals surface area contributed by atoms with Crippen molar-refractivity contribution in [1.82, 2.24) is 15.6 Å². The molecule has 0 aliphatic heterocycles. The van der Waals surface area contributed by atoms with E-state index in [1.165, 1.54) is 19.4 Å². The third-order valence-corrected chi connectivity index (χ3v) is 6.70. The molecule has 5 nitrogen and oxygen atoms in total. The van der Waals surface area contributed by atoms with Crippen LogP contribution in [0.25, 0.3) is 0 Å². The van der Waals surface area contributed by atoms with Gasteiger partial charge in [-0.15, -0.1) is 0 Å². The highest BCUT2D eigenvalue weighted by Crippen LogP contribution is 2.41. The first-order valence-electron chi connectivity index (χ1n) is 11.7. The normalized spacial score (nSPS) is 15.8. The summed E-state index contributed by atoms with van der Waals surface area (Å²) in [7, 11) is 1.38. The minimum absolute atomic E-state index is 0.000933. The summed E-state index contributed by atoms with van der Waals surface area (Å²) in [5.74, 6) is 0.192. The third-order valence-electron chi connectivity index (χ3n) is 6.48. The number of benzene rings is 2. The molecule has 2 amide bonds. The molecule has 0 unspecified atom stereocenters. The lowest BCUT2D eigenvalue weighted by Gasteiger charge is -2.37. The SMILES string of the molecule is COc1ccc(C(F)(F)F)cc1[C@@](Cc1ccccc1)(NC(=O)NC1CCCC1)c1ccc(Cl)cn1. The highest BCUT2D eigenvalue weighted by molar-refractivity contribution is 6.30. The highest BCUT2D eigenvalue weighted by Gasteiger charge is 2.42. The number of nitrogens with one attached hydrogen (secondary N) is 2. The van der Waals surface area contributed by atoms with Crippen LogP contribution in [0.15, 0.2) is 66.9 Å². The zero-order valence-corrected chi connectivity index (χ0v) is 20.5. The smallest absolute Gasteiger partial charge is 0.416 e. The number of hydrogen-bond acceptors (Lipinski definition) is 3. The van der Waals surface area contributed by atoms with E-state index in [1.54, 1.807) is 12.1 Å². The fourth-order valence-electron chi connectivity index (χ4n) is 4.73. The summed E-state index contributed by atoms with van der Waals surface area (Å²) in [5, 5.41) is 6.35. The molecule has 0 bridgehead atoms. The lowest BCUT2D eigenvalue weighted by atomic mass is 9.79. The van der Waals surface area contributed by atoms with Crippen LogP contribution in [0.1, 0.15) is 48.1 Å². The molecule has 3 aromatic rings. The number of nitrogens with zero attached hydrogens (tertiary/aromatic N) is 1. The molecule has 1 aliphatic carbocycles. The van der Waals surface area contributed by atoms with Gasteiger partial charge in [-0.25, -0.2) is 4.79 Å². The van der Waals surface area contributed by atoms with Gasteiger partial charge < -0.3 is 15.4 Å². The minimum Gasteiger partial charge on any atom is -0.496 e. The molecular formula is C27H27ClF3N3O2. The predicted octanol–water partition coefficient (Wildman–Crippen LogP) is 6.49. The first kappa shape index (κ1) is 25.8. The molecule has 0 spiro atoms. The number of carbonyl (C=O) groups excluding carboxylic acids is 1. The number of ether oxygens (including phenoxy) is 1. The van der Waals surface area contributed by atoms with E-state index in [1.807, 2.05) is 30.3 Å². The number of aromatic nitrogens is 1. The average Bonchev–Trinajstić information content (AvgIpc) is 3.36. The van der Waals surface area contributed by atoms with Gasteiger partial charge in [0.05, 0.1) is 23.4 Å². The number of hydrogen-bond donors (Lipinski definition) is 2. The van der Waals surface area contributed by atoms with E-state index in [-0.39, 0.29) is 23.8 Å². The Morgan fingerprint density at radius 1 is 1.08 bits per heavy atom. The van der Waals surface area contributed by atoms with Crippen LogP contribution in [0.3, 0.4) is 0 Å². The molecule has 0 radical (unpaired) electrons. The average molecular weight is 518 g/mol. The van der Waals surface area contributed by atoms with Crippen LogP contribution in [0.2, 0.25) is 5.02 Å². The monoisotopic (exact) mass is 517 g/mol. The van der Waals surface area contributed by atoms with Crippen molar-refractivity contribution in [1.29, 1.82) is 0 Å². The number of urea groups is 1. The Balaban J connectivity index is 1.93. The first-order chi connectivity index (χ1) is 17.2. The van der Waals surface area contributed by atoms with Gasteiger partial charge in [0.15, 0.2) is 0 Å². The lowest BCUT2D eigenvalue weighted by molar-refractivity contribution is -0.137. The van der Waals surface area contributed by atoms with Crippen LogP contribution in [0, 0.1) is 0 Å². The number of methoxy groups -OCH3 is 1. The standard InChI is InChI=1S/C27H27ClF3N3O2/c1-36-23-13-11-19(27(29,30)31)15-22(23)26(16-18-7-3-2-4-8-18,24-14-12-20(28)17-32-24)34-25(35)33-21-9-5-6-10-21/h2-4,7-8,11-15,17,21H,5-6,9-10,16H2,1H3,(H2,33,34,35)/t26-/m1/s1. The van der Waals surface area contributed by atoms with Gasteiger partial charge in [0.1, 0.15) is 11.3 Å². The van der Waals surface area contributed by atoms with Crippen LogP contribution in [-0.4, -0.2) is 24.2 Å². The number of rotatable bonds is 7. The van der Waals surface area contributed by atoms with Crippen molar-refractivity contribution in [3.8, 4) is 5.75 Å². The molecule has 9 heteroatoms. The summed E-state index contributed by atoms with van der Waals surface area (Å²) in [6.45, 7) is 0. The summed E-state index contributed by atoms with van der Waals surface area (Å²) in [4.78, 5) is 17.8. The van der Waals surface area contributed by atoms with Crippen molar-refractivity contribution in [2.24, 2.45) is 0 Å². The van der Waals surface area contributed by atoms with Crippen molar-refractivity contribution >= 4 is 17.6 Å². The molecule has 1 heterocycles. The lowest BCUT2D eigenvalue weighted by Crippen LogP contribution is -2.54. The topological polar surface area (TPSA) is 63.2 Å². The zero-order chi connectivity index (χ0) is 25.8. The Labute approximate surface area is 213 Å². The Hall–Kier alpha value is -3.26. The van der Waals surface area contributed by atoms with Crippen LogP contribution < -0.4 is 15.4 Å². The van der Waals surface area contributed by atoms with Crippen molar-refractivity contribution in [3.05, 3.63) is 94.3 Å². The van der Waals surface area contributed by atoms with Crippen molar-refractivity contribution in [2.45, 2.75) is 49.9 Å². The maximum Gasteiger partial charge on any atom is 0.416 e. The first-order valence-corrected chi connectivity index (χ1v) is 12.1. The zero-order valence-electron chi connectivity index (χ0n) is 19.7. The highest BCUT2D eigenvalue weighted by atomic mass is 35.5. The van der Waals surface area contributed by atoms with E-state index < -0.39 is 23.3 Å².